The topological polar surface area (TPSA) is 71.2 Å². The summed E-state index contributed by atoms with van der Waals surface area (Å²) in [4.78, 5) is 12.3. The van der Waals surface area contributed by atoms with E-state index in [0.29, 0.717) is 23.2 Å². The van der Waals surface area contributed by atoms with E-state index in [9.17, 15) is 9.18 Å². The van der Waals surface area contributed by atoms with Crippen LogP contribution < -0.4 is 4.90 Å². The lowest BCUT2D eigenvalue weighted by atomic mass is 10.2. The van der Waals surface area contributed by atoms with Gasteiger partial charge in [-0.25, -0.2) is 4.39 Å². The molecular weight excluding hydrogens is 295 g/mol. The number of carboxylic acid groups (broad SMARTS) is 1. The van der Waals surface area contributed by atoms with E-state index >= 15 is 0 Å². The van der Waals surface area contributed by atoms with E-state index in [1.165, 1.54) is 6.07 Å². The number of aliphatic carboxylic acids is 1. The largest absolute Gasteiger partial charge is 0.481 e. The molecule has 112 valence electrons. The molecule has 1 aromatic carbocycles. The summed E-state index contributed by atoms with van der Waals surface area (Å²) in [6, 6.07) is 6.54. The van der Waals surface area contributed by atoms with Gasteiger partial charge in [0.1, 0.15) is 5.82 Å². The third kappa shape index (κ3) is 3.72. The molecule has 21 heavy (non-hydrogen) atoms. The summed E-state index contributed by atoms with van der Waals surface area (Å²) in [7, 11) is 3.53. The van der Waals surface area contributed by atoms with Crippen LogP contribution in [0.3, 0.4) is 0 Å². The van der Waals surface area contributed by atoms with Crippen molar-refractivity contribution in [3.8, 4) is 0 Å². The molecule has 0 unspecified atom stereocenters. The first-order valence-electron chi connectivity index (χ1n) is 6.17. The Hall–Kier alpha value is -2.09. The molecule has 0 fully saturated rings. The number of thioether (sulfide) groups is 1. The highest BCUT2D eigenvalue weighted by atomic mass is 32.2. The normalized spacial score (nSPS) is 10.6. The predicted octanol–water partition coefficient (Wildman–Crippen LogP) is 1.77. The third-order valence-corrected chi connectivity index (χ3v) is 3.85. The first-order chi connectivity index (χ1) is 9.99. The molecule has 0 saturated carbocycles. The van der Waals surface area contributed by atoms with E-state index < -0.39 is 5.97 Å². The second-order valence-electron chi connectivity index (χ2n) is 4.47. The molecule has 1 heterocycles. The van der Waals surface area contributed by atoms with E-state index in [1.807, 2.05) is 0 Å². The molecular formula is C13H15FN4O2S. The maximum Gasteiger partial charge on any atom is 0.313 e. The number of carboxylic acids is 1. The average molecular weight is 310 g/mol. The first kappa shape index (κ1) is 15.3. The van der Waals surface area contributed by atoms with Crippen LogP contribution in [0.5, 0.6) is 0 Å². The minimum absolute atomic E-state index is 0.0804. The molecule has 0 saturated heterocycles. The first-order valence-corrected chi connectivity index (χ1v) is 7.16. The van der Waals surface area contributed by atoms with Crippen LogP contribution in [0, 0.1) is 5.82 Å². The Balaban J connectivity index is 2.11. The van der Waals surface area contributed by atoms with Crippen LogP contribution in [0.15, 0.2) is 29.4 Å². The summed E-state index contributed by atoms with van der Waals surface area (Å²) < 4.78 is 15.3. The van der Waals surface area contributed by atoms with Crippen molar-refractivity contribution < 1.29 is 14.3 Å². The fourth-order valence-electron chi connectivity index (χ4n) is 1.84. The van der Waals surface area contributed by atoms with Crippen molar-refractivity contribution in [3.05, 3.63) is 35.6 Å². The summed E-state index contributed by atoms with van der Waals surface area (Å²) in [6.45, 7) is 0.349. The average Bonchev–Trinajstić information content (AvgIpc) is 2.80. The van der Waals surface area contributed by atoms with Gasteiger partial charge in [-0.05, 0) is 6.07 Å². The van der Waals surface area contributed by atoms with Crippen molar-refractivity contribution in [2.45, 2.75) is 11.7 Å². The number of carbonyl (C=O) groups is 1. The van der Waals surface area contributed by atoms with Crippen LogP contribution in [0.1, 0.15) is 5.56 Å². The highest BCUT2D eigenvalue weighted by Gasteiger charge is 2.15. The van der Waals surface area contributed by atoms with Crippen LogP contribution in [-0.2, 0) is 18.4 Å². The third-order valence-electron chi connectivity index (χ3n) is 2.84. The molecule has 0 spiro atoms. The van der Waals surface area contributed by atoms with Crippen LogP contribution in [-0.4, -0.2) is 38.6 Å². The Kier molecular flexibility index (Phi) is 4.79. The summed E-state index contributed by atoms with van der Waals surface area (Å²) in [5.74, 6) is -0.717. The summed E-state index contributed by atoms with van der Waals surface area (Å²) in [6.07, 6.45) is 0. The van der Waals surface area contributed by atoms with Crippen LogP contribution >= 0.6 is 11.8 Å². The van der Waals surface area contributed by atoms with Gasteiger partial charge < -0.3 is 10.0 Å². The van der Waals surface area contributed by atoms with Gasteiger partial charge in [-0.1, -0.05) is 30.0 Å². The maximum absolute atomic E-state index is 13.6. The van der Waals surface area contributed by atoms with Gasteiger partial charge in [-0.15, -0.1) is 10.2 Å². The fraction of sp³-hybridized carbons (Fsp3) is 0.308. The monoisotopic (exact) mass is 310 g/mol. The molecule has 2 rings (SSSR count). The minimum Gasteiger partial charge on any atom is -0.481 e. The molecule has 0 amide bonds. The number of anilines is 1. The molecule has 0 atom stereocenters. The molecule has 1 N–H and O–H groups in total. The number of benzene rings is 1. The van der Waals surface area contributed by atoms with Crippen molar-refractivity contribution >= 4 is 23.7 Å². The lowest BCUT2D eigenvalue weighted by Crippen LogP contribution is -2.21. The van der Waals surface area contributed by atoms with Gasteiger partial charge in [0.2, 0.25) is 5.95 Å². The lowest BCUT2D eigenvalue weighted by molar-refractivity contribution is -0.133. The Morgan fingerprint density at radius 3 is 2.81 bits per heavy atom. The van der Waals surface area contributed by atoms with Crippen molar-refractivity contribution in [1.29, 1.82) is 0 Å². The van der Waals surface area contributed by atoms with Crippen molar-refractivity contribution in [3.63, 3.8) is 0 Å². The van der Waals surface area contributed by atoms with Crippen LogP contribution in [0.2, 0.25) is 0 Å². The molecule has 1 aromatic heterocycles. The molecule has 2 aromatic rings. The van der Waals surface area contributed by atoms with Gasteiger partial charge in [0.25, 0.3) is 0 Å². The highest BCUT2D eigenvalue weighted by Crippen LogP contribution is 2.21. The molecule has 0 aliphatic carbocycles. The zero-order chi connectivity index (χ0) is 15.4. The van der Waals surface area contributed by atoms with Crippen molar-refractivity contribution in [2.75, 3.05) is 17.7 Å². The Morgan fingerprint density at radius 1 is 1.43 bits per heavy atom. The van der Waals surface area contributed by atoms with E-state index in [0.717, 1.165) is 11.8 Å². The van der Waals surface area contributed by atoms with Crippen molar-refractivity contribution in [2.24, 2.45) is 7.05 Å². The van der Waals surface area contributed by atoms with Crippen LogP contribution in [0.4, 0.5) is 10.3 Å². The van der Waals surface area contributed by atoms with Gasteiger partial charge in [-0.3, -0.25) is 9.36 Å². The predicted molar refractivity (Wildman–Crippen MR) is 77.9 cm³/mol. The summed E-state index contributed by atoms with van der Waals surface area (Å²) >= 11 is 1.09. The number of aromatic nitrogens is 3. The van der Waals surface area contributed by atoms with Gasteiger partial charge >= 0.3 is 5.97 Å². The molecule has 8 heteroatoms. The van der Waals surface area contributed by atoms with Gasteiger partial charge in [-0.2, -0.15) is 0 Å². The van der Waals surface area contributed by atoms with E-state index in [-0.39, 0.29) is 11.6 Å². The van der Waals surface area contributed by atoms with Crippen LogP contribution in [0.25, 0.3) is 0 Å². The summed E-state index contributed by atoms with van der Waals surface area (Å²) in [5, 5.41) is 17.2. The smallest absolute Gasteiger partial charge is 0.313 e. The second kappa shape index (κ2) is 6.57. The maximum atomic E-state index is 13.6. The number of hydrogen-bond acceptors (Lipinski definition) is 5. The quantitative estimate of drug-likeness (QED) is 0.820. The van der Waals surface area contributed by atoms with E-state index in [4.69, 9.17) is 5.11 Å². The zero-order valence-electron chi connectivity index (χ0n) is 11.7. The number of rotatable bonds is 6. The Morgan fingerprint density at radius 2 is 2.14 bits per heavy atom. The highest BCUT2D eigenvalue weighted by molar-refractivity contribution is 7.99. The SMILES string of the molecule is CN(Cc1ccccc1F)c1nnc(SCC(=O)O)n1C. The number of nitrogens with zero attached hydrogens (tertiary/aromatic N) is 4. The zero-order valence-corrected chi connectivity index (χ0v) is 12.5. The Labute approximate surface area is 125 Å². The van der Waals surface area contributed by atoms with E-state index in [1.54, 1.807) is 41.8 Å². The number of hydrogen-bond donors (Lipinski definition) is 1. The minimum atomic E-state index is -0.913. The number of halogens is 1. The van der Waals surface area contributed by atoms with Gasteiger partial charge in [0, 0.05) is 26.2 Å². The van der Waals surface area contributed by atoms with Gasteiger partial charge in [0.05, 0.1) is 5.75 Å². The molecule has 0 radical (unpaired) electrons. The molecule has 6 nitrogen and oxygen atoms in total. The fourth-order valence-corrected chi connectivity index (χ4v) is 2.47. The second-order valence-corrected chi connectivity index (χ2v) is 5.41. The summed E-state index contributed by atoms with van der Waals surface area (Å²) in [5.41, 5.74) is 0.558. The van der Waals surface area contributed by atoms with Crippen molar-refractivity contribution in [1.82, 2.24) is 14.8 Å². The lowest BCUT2D eigenvalue weighted by Gasteiger charge is -2.18. The molecule has 0 aliphatic heterocycles. The molecule has 0 bridgehead atoms. The molecule has 0 aliphatic rings. The Bertz CT molecular complexity index is 647. The van der Waals surface area contributed by atoms with Gasteiger partial charge in [0.15, 0.2) is 5.16 Å². The standard InChI is InChI=1S/C13H15FN4O2S/c1-17(7-9-5-3-4-6-10(9)14)12-15-16-13(18(12)2)21-8-11(19)20/h3-6H,7-8H2,1-2H3,(H,19,20). The van der Waals surface area contributed by atoms with E-state index in [2.05, 4.69) is 10.2 Å².